The Morgan fingerprint density at radius 1 is 0.576 bits per heavy atom. The molecule has 10 rings (SSSR count). The van der Waals surface area contributed by atoms with Crippen LogP contribution in [-0.4, -0.2) is 21.1 Å². The maximum atomic E-state index is 11.3. The van der Waals surface area contributed by atoms with Gasteiger partial charge in [-0.2, -0.15) is 0 Å². The molecule has 6 aromatic carbocycles. The summed E-state index contributed by atoms with van der Waals surface area (Å²) in [7, 11) is 0. The summed E-state index contributed by atoms with van der Waals surface area (Å²) in [5, 5.41) is 11.3. The van der Waals surface area contributed by atoms with Gasteiger partial charge in [0.2, 0.25) is 0 Å². The summed E-state index contributed by atoms with van der Waals surface area (Å²) in [6.45, 7) is 11.1. The third kappa shape index (κ3) is 8.63. The first-order chi connectivity index (χ1) is 32.5. The zero-order valence-corrected chi connectivity index (χ0v) is 40.4. The molecule has 1 aliphatic heterocycles. The number of rotatable bonds is 7. The van der Waals surface area contributed by atoms with Crippen LogP contribution in [0.5, 0.6) is 5.75 Å². The molecular formula is C61H54N3OPt-. The molecule has 0 fully saturated rings. The molecule has 0 spiro atoms. The first kappa shape index (κ1) is 40.9. The van der Waals surface area contributed by atoms with E-state index in [1.54, 1.807) is 24.3 Å². The van der Waals surface area contributed by atoms with E-state index in [0.717, 1.165) is 44.6 Å². The standard InChI is InChI=1S/C61H54N3O.Pt/c1-39-17-15-18-40(29-39)42-30-45(54-35-41(27-28-62-54)50-23-16-24-52-51-21-11-13-25-57(51)64(59(50)52)49-19-9-8-10-20-49)32-46(31-42)55-36-44(37-56(63-55)53-22-12-14-26-58(53)65)43-33-47(60(2,3)4)38-48(34-43)61(5,6)7;/h8-31,33-38,51,57,65H,1-7H3;/q-1;/i1D3;. The first-order valence-electron chi connectivity index (χ1n) is 23.9. The SMILES string of the molecule is [2H]C([2H])([2H])c1cccc(-c2cc(-c3cc(-c4cccc5c4N(c4ccccc4)C4C=CC=CC54)ccn3)[c-]c(-c3cc(-c4cc(C(C)(C)C)cc(C(C)(C)C)c4)cc(-c4ccccc4O)n3)c2)c1.[Pt]. The van der Waals surface area contributed by atoms with E-state index < -0.39 is 6.85 Å². The van der Waals surface area contributed by atoms with Crippen molar-refractivity contribution in [2.24, 2.45) is 0 Å². The van der Waals surface area contributed by atoms with Gasteiger partial charge < -0.3 is 10.0 Å². The van der Waals surface area contributed by atoms with Crippen molar-refractivity contribution in [3.05, 3.63) is 210 Å². The molecule has 0 bridgehead atoms. The molecule has 0 amide bonds. The van der Waals surface area contributed by atoms with Gasteiger partial charge in [0.1, 0.15) is 5.75 Å². The topological polar surface area (TPSA) is 49.2 Å². The molecule has 1 N–H and O–H groups in total. The van der Waals surface area contributed by atoms with Crippen molar-refractivity contribution in [1.82, 2.24) is 9.97 Å². The van der Waals surface area contributed by atoms with Crippen molar-refractivity contribution in [3.63, 3.8) is 0 Å². The summed E-state index contributed by atoms with van der Waals surface area (Å²) >= 11 is 0. The Morgan fingerprint density at radius 3 is 1.95 bits per heavy atom. The largest absolute Gasteiger partial charge is 0.507 e. The normalized spacial score (nSPS) is 16.2. The summed E-state index contributed by atoms with van der Waals surface area (Å²) in [6.07, 6.45) is 10.7. The van der Waals surface area contributed by atoms with Gasteiger partial charge in [0.15, 0.2) is 0 Å². The van der Waals surface area contributed by atoms with Gasteiger partial charge in [0.05, 0.1) is 17.4 Å². The number of allylic oxidation sites excluding steroid dienone is 2. The number of anilines is 2. The van der Waals surface area contributed by atoms with Gasteiger partial charge in [-0.25, -0.2) is 0 Å². The minimum atomic E-state index is -2.29. The Balaban J connectivity index is 0.00000593. The quantitative estimate of drug-likeness (QED) is 0.162. The van der Waals surface area contributed by atoms with Gasteiger partial charge in [0.25, 0.3) is 0 Å². The van der Waals surface area contributed by atoms with E-state index >= 15 is 0 Å². The fraction of sp³-hybridized carbons (Fsp3) is 0.180. The molecule has 0 saturated heterocycles. The van der Waals surface area contributed by atoms with Crippen LogP contribution in [0.2, 0.25) is 0 Å². The summed E-state index contributed by atoms with van der Waals surface area (Å²) < 4.78 is 24.8. The molecule has 2 unspecified atom stereocenters. The number of hydrogen-bond acceptors (Lipinski definition) is 4. The number of benzene rings is 6. The fourth-order valence-corrected chi connectivity index (χ4v) is 9.28. The van der Waals surface area contributed by atoms with E-state index in [1.807, 2.05) is 42.6 Å². The van der Waals surface area contributed by atoms with Crippen LogP contribution < -0.4 is 4.90 Å². The molecule has 2 atom stereocenters. The van der Waals surface area contributed by atoms with E-state index in [2.05, 4.69) is 168 Å². The molecule has 5 heteroatoms. The van der Waals surface area contributed by atoms with Crippen LogP contribution in [-0.2, 0) is 31.9 Å². The average molecular weight is 1040 g/mol. The Bertz CT molecular complexity index is 3260. The van der Waals surface area contributed by atoms with Crippen molar-refractivity contribution < 1.29 is 30.3 Å². The van der Waals surface area contributed by atoms with Gasteiger partial charge in [0, 0.05) is 65.5 Å². The average Bonchev–Trinajstić information content (AvgIpc) is 3.68. The smallest absolute Gasteiger partial charge is 0.124 e. The van der Waals surface area contributed by atoms with Crippen LogP contribution in [0.4, 0.5) is 11.4 Å². The second-order valence-corrected chi connectivity index (χ2v) is 19.4. The second kappa shape index (κ2) is 17.6. The van der Waals surface area contributed by atoms with E-state index in [1.165, 1.54) is 22.4 Å². The van der Waals surface area contributed by atoms with Crippen molar-refractivity contribution in [3.8, 4) is 72.9 Å². The van der Waals surface area contributed by atoms with Crippen LogP contribution >= 0.6 is 0 Å². The molecule has 2 aromatic heterocycles. The minimum Gasteiger partial charge on any atom is -0.507 e. The minimum absolute atomic E-state index is 0. The van der Waals surface area contributed by atoms with Crippen LogP contribution in [0.25, 0.3) is 67.2 Å². The third-order valence-corrected chi connectivity index (χ3v) is 12.8. The monoisotopic (exact) mass is 1040 g/mol. The number of nitrogens with zero attached hydrogens (tertiary/aromatic N) is 3. The Kier molecular flexibility index (Phi) is 10.9. The van der Waals surface area contributed by atoms with Crippen LogP contribution in [0.3, 0.4) is 0 Å². The zero-order chi connectivity index (χ0) is 47.5. The van der Waals surface area contributed by atoms with Gasteiger partial charge in [-0.15, -0.1) is 18.2 Å². The van der Waals surface area contributed by atoms with Crippen LogP contribution in [0.1, 0.15) is 73.8 Å². The molecule has 2 aliphatic rings. The van der Waals surface area contributed by atoms with E-state index in [-0.39, 0.29) is 55.2 Å². The molecule has 4 nitrogen and oxygen atoms in total. The Hall–Kier alpha value is -6.61. The van der Waals surface area contributed by atoms with Crippen molar-refractivity contribution >= 4 is 11.4 Å². The number of para-hydroxylation sites is 3. The molecule has 330 valence electrons. The predicted molar refractivity (Wildman–Crippen MR) is 271 cm³/mol. The number of pyridine rings is 2. The summed E-state index contributed by atoms with van der Waals surface area (Å²) in [4.78, 5) is 12.7. The fourth-order valence-electron chi connectivity index (χ4n) is 9.28. The summed E-state index contributed by atoms with van der Waals surface area (Å²) in [5.41, 5.74) is 15.7. The molecule has 8 aromatic rings. The number of fused-ring (bicyclic) bond motifs is 3. The predicted octanol–water partition coefficient (Wildman–Crippen LogP) is 15.6. The maximum absolute atomic E-state index is 11.3. The van der Waals surface area contributed by atoms with Crippen molar-refractivity contribution in [2.75, 3.05) is 4.90 Å². The Labute approximate surface area is 409 Å². The van der Waals surface area contributed by atoms with E-state index in [9.17, 15) is 5.11 Å². The molecule has 1 aliphatic carbocycles. The van der Waals surface area contributed by atoms with Gasteiger partial charge in [-0.1, -0.05) is 191 Å². The van der Waals surface area contributed by atoms with Crippen LogP contribution in [0, 0.1) is 12.9 Å². The third-order valence-electron chi connectivity index (χ3n) is 12.8. The summed E-state index contributed by atoms with van der Waals surface area (Å²) in [6, 6.07) is 54.8. The van der Waals surface area contributed by atoms with E-state index in [4.69, 9.17) is 14.1 Å². The zero-order valence-electron chi connectivity index (χ0n) is 41.1. The van der Waals surface area contributed by atoms with Crippen LogP contribution in [0.15, 0.2) is 182 Å². The molecule has 0 saturated carbocycles. The number of hydrogen-bond donors (Lipinski definition) is 1. The number of aryl methyl sites for hydroxylation is 1. The van der Waals surface area contributed by atoms with Crippen molar-refractivity contribution in [2.45, 2.75) is 71.2 Å². The number of phenolic OH excluding ortho intramolecular Hbond substituents is 1. The number of phenols is 1. The first-order valence-corrected chi connectivity index (χ1v) is 22.4. The van der Waals surface area contributed by atoms with Crippen molar-refractivity contribution in [1.29, 1.82) is 0 Å². The van der Waals surface area contributed by atoms with Gasteiger partial charge >= 0.3 is 0 Å². The van der Waals surface area contributed by atoms with E-state index in [0.29, 0.717) is 28.2 Å². The number of aromatic hydroxyl groups is 1. The molecule has 0 radical (unpaired) electrons. The Morgan fingerprint density at radius 2 is 1.21 bits per heavy atom. The second-order valence-electron chi connectivity index (χ2n) is 19.4. The number of aromatic nitrogens is 2. The van der Waals surface area contributed by atoms with Gasteiger partial charge in [-0.05, 0) is 93.0 Å². The molecule has 3 heterocycles. The molecular weight excluding hydrogens is 986 g/mol. The molecule has 66 heavy (non-hydrogen) atoms. The van der Waals surface area contributed by atoms with Gasteiger partial charge in [-0.3, -0.25) is 9.97 Å². The summed E-state index contributed by atoms with van der Waals surface area (Å²) in [5.74, 6) is 0.337. The maximum Gasteiger partial charge on any atom is 0.124 e.